The molecule has 0 spiro atoms. The van der Waals surface area contributed by atoms with E-state index >= 15 is 0 Å². The summed E-state index contributed by atoms with van der Waals surface area (Å²) >= 11 is 0. The Bertz CT molecular complexity index is 172. The molecule has 0 heterocycles. The van der Waals surface area contributed by atoms with Crippen molar-refractivity contribution < 1.29 is 40.9 Å². The quantitative estimate of drug-likeness (QED) is 0.538. The zero-order valence-corrected chi connectivity index (χ0v) is 10.4. The molecule has 1 fully saturated rings. The van der Waals surface area contributed by atoms with Crippen LogP contribution in [0.1, 0.15) is 40.0 Å². The maximum Gasteiger partial charge on any atom is 1.00 e. The Morgan fingerprint density at radius 2 is 1.92 bits per heavy atom. The van der Waals surface area contributed by atoms with E-state index in [-0.39, 0.29) is 42.8 Å². The molecule has 0 amide bonds. The van der Waals surface area contributed by atoms with Crippen molar-refractivity contribution in [2.75, 3.05) is 6.54 Å². The number of carboxylic acids is 1. The van der Waals surface area contributed by atoms with Crippen LogP contribution in [0.3, 0.4) is 0 Å². The minimum Gasteiger partial charge on any atom is -1.00 e. The van der Waals surface area contributed by atoms with Crippen LogP contribution < -0.4 is 35.3 Å². The van der Waals surface area contributed by atoms with Crippen LogP contribution in [0.2, 0.25) is 0 Å². The molecule has 0 aromatic rings. The molecule has 13 heavy (non-hydrogen) atoms. The summed E-state index contributed by atoms with van der Waals surface area (Å²) in [6.07, 6.45) is 5.77. The monoisotopic (exact) mass is 195 g/mol. The van der Waals surface area contributed by atoms with Crippen LogP contribution in [0.4, 0.5) is 0 Å². The van der Waals surface area contributed by atoms with Crippen molar-refractivity contribution in [1.29, 1.82) is 0 Å². The first-order valence-corrected chi connectivity index (χ1v) is 4.60. The molecule has 0 bridgehead atoms. The largest absolute Gasteiger partial charge is 1.00 e. The summed E-state index contributed by atoms with van der Waals surface area (Å²) in [5.41, 5.74) is 5.54. The van der Waals surface area contributed by atoms with E-state index in [1.165, 1.54) is 6.42 Å². The van der Waals surface area contributed by atoms with Crippen LogP contribution in [-0.2, 0) is 4.79 Å². The molecule has 3 nitrogen and oxygen atoms in total. The number of rotatable bonds is 3. The molecule has 4 heteroatoms. The second-order valence-electron chi connectivity index (χ2n) is 3.84. The minimum atomic E-state index is -0.706. The first-order chi connectivity index (χ1) is 5.68. The van der Waals surface area contributed by atoms with Crippen LogP contribution in [0, 0.1) is 5.41 Å². The molecule has 3 N–H and O–H groups in total. The smallest absolute Gasteiger partial charge is 1.00 e. The van der Waals surface area contributed by atoms with E-state index in [1.54, 1.807) is 0 Å². The fourth-order valence-corrected chi connectivity index (χ4v) is 2.08. The van der Waals surface area contributed by atoms with Crippen LogP contribution in [0.25, 0.3) is 0 Å². The summed E-state index contributed by atoms with van der Waals surface area (Å²) in [6.45, 7) is 0.527. The summed E-state index contributed by atoms with van der Waals surface area (Å²) in [6, 6.07) is 0. The third-order valence-electron chi connectivity index (χ3n) is 2.87. The van der Waals surface area contributed by atoms with Crippen molar-refractivity contribution in [3.63, 3.8) is 0 Å². The summed E-state index contributed by atoms with van der Waals surface area (Å²) in [7, 11) is 0. The summed E-state index contributed by atoms with van der Waals surface area (Å²) in [5.74, 6) is -0.706. The van der Waals surface area contributed by atoms with Gasteiger partial charge in [-0.3, -0.25) is 4.79 Å². The molecule has 0 saturated heterocycles. The molecule has 1 aliphatic rings. The van der Waals surface area contributed by atoms with Gasteiger partial charge in [0.1, 0.15) is 0 Å². The van der Waals surface area contributed by atoms with Crippen molar-refractivity contribution in [2.24, 2.45) is 11.1 Å². The van der Waals surface area contributed by atoms with Crippen LogP contribution >= 0.6 is 0 Å². The van der Waals surface area contributed by atoms with E-state index in [1.807, 2.05) is 0 Å². The average molecular weight is 195 g/mol. The fraction of sp³-hybridized carbons (Fsp3) is 0.889. The first-order valence-electron chi connectivity index (χ1n) is 4.60. The Hall–Kier alpha value is 0.430. The number of aliphatic carboxylic acids is 1. The van der Waals surface area contributed by atoms with Gasteiger partial charge in [-0.2, -0.15) is 0 Å². The Morgan fingerprint density at radius 1 is 1.38 bits per heavy atom. The zero-order valence-electron chi connectivity index (χ0n) is 9.38. The Morgan fingerprint density at radius 3 is 2.31 bits per heavy atom. The van der Waals surface area contributed by atoms with Gasteiger partial charge in [-0.1, -0.05) is 19.3 Å². The molecular formula is C9H18NNaO2. The Balaban J connectivity index is 0. The van der Waals surface area contributed by atoms with Crippen molar-refractivity contribution in [3.05, 3.63) is 0 Å². The van der Waals surface area contributed by atoms with E-state index < -0.39 is 5.97 Å². The van der Waals surface area contributed by atoms with E-state index in [0.29, 0.717) is 6.54 Å². The van der Waals surface area contributed by atoms with Gasteiger partial charge in [0.05, 0.1) is 6.42 Å². The van der Waals surface area contributed by atoms with Gasteiger partial charge in [-0.15, -0.1) is 0 Å². The predicted octanol–water partition coefficient (Wildman–Crippen LogP) is -1.51. The Kier molecular flexibility index (Phi) is 6.21. The Labute approximate surface area is 103 Å². The second-order valence-corrected chi connectivity index (χ2v) is 3.84. The summed E-state index contributed by atoms with van der Waals surface area (Å²) in [5, 5.41) is 8.71. The van der Waals surface area contributed by atoms with Gasteiger partial charge in [0.2, 0.25) is 0 Å². The zero-order chi connectivity index (χ0) is 9.03. The summed E-state index contributed by atoms with van der Waals surface area (Å²) < 4.78 is 0. The third-order valence-corrected chi connectivity index (χ3v) is 2.87. The van der Waals surface area contributed by atoms with Gasteiger partial charge in [0, 0.05) is 0 Å². The van der Waals surface area contributed by atoms with Gasteiger partial charge in [-0.25, -0.2) is 0 Å². The normalized spacial score (nSPS) is 20.4. The minimum absolute atomic E-state index is 0. The van der Waals surface area contributed by atoms with E-state index in [4.69, 9.17) is 10.8 Å². The standard InChI is InChI=1S/C9H17NO2.Na.H/c10-7-9(6-8(11)12)4-2-1-3-5-9;;/h1-7,10H2,(H,11,12);;/q;+1;-1. The van der Waals surface area contributed by atoms with Crippen LogP contribution in [0.5, 0.6) is 0 Å². The fourth-order valence-electron chi connectivity index (χ4n) is 2.08. The van der Waals surface area contributed by atoms with Crippen molar-refractivity contribution in [1.82, 2.24) is 0 Å². The van der Waals surface area contributed by atoms with E-state index in [9.17, 15) is 4.79 Å². The number of nitrogens with two attached hydrogens (primary N) is 1. The van der Waals surface area contributed by atoms with Crippen molar-refractivity contribution >= 4 is 5.97 Å². The molecule has 0 atom stereocenters. The van der Waals surface area contributed by atoms with Crippen LogP contribution in [0.15, 0.2) is 0 Å². The van der Waals surface area contributed by atoms with E-state index in [2.05, 4.69) is 0 Å². The third kappa shape index (κ3) is 3.98. The predicted molar refractivity (Wildman–Crippen MR) is 47.9 cm³/mol. The maximum absolute atomic E-state index is 10.6. The first kappa shape index (κ1) is 13.4. The summed E-state index contributed by atoms with van der Waals surface area (Å²) in [4.78, 5) is 10.6. The molecule has 72 valence electrons. The maximum atomic E-state index is 10.6. The van der Waals surface area contributed by atoms with Gasteiger partial charge in [-0.05, 0) is 24.8 Å². The van der Waals surface area contributed by atoms with Gasteiger partial charge in [0.15, 0.2) is 0 Å². The second kappa shape index (κ2) is 6.02. The molecule has 0 aromatic heterocycles. The number of hydrogen-bond donors (Lipinski definition) is 2. The average Bonchev–Trinajstić information content (AvgIpc) is 2.05. The number of carboxylic acid groups (broad SMARTS) is 1. The topological polar surface area (TPSA) is 63.3 Å². The molecule has 0 radical (unpaired) electrons. The molecule has 0 aromatic carbocycles. The number of hydrogen-bond acceptors (Lipinski definition) is 2. The molecule has 1 saturated carbocycles. The molecule has 1 rings (SSSR count). The van der Waals surface area contributed by atoms with Crippen molar-refractivity contribution in [2.45, 2.75) is 38.5 Å². The van der Waals surface area contributed by atoms with Gasteiger partial charge < -0.3 is 12.3 Å². The molecular weight excluding hydrogens is 177 g/mol. The number of carbonyl (C=O) groups is 1. The molecule has 0 aliphatic heterocycles. The molecule has 1 aliphatic carbocycles. The van der Waals surface area contributed by atoms with Gasteiger partial charge >= 0.3 is 35.5 Å². The molecule has 0 unspecified atom stereocenters. The SMILES string of the molecule is NCC1(CC(=O)O)CCCCC1.[H-].[Na+]. The van der Waals surface area contributed by atoms with Crippen molar-refractivity contribution in [3.8, 4) is 0 Å². The van der Waals surface area contributed by atoms with Crippen LogP contribution in [-0.4, -0.2) is 17.6 Å². The van der Waals surface area contributed by atoms with Gasteiger partial charge in [0.25, 0.3) is 0 Å². The van der Waals surface area contributed by atoms with E-state index in [0.717, 1.165) is 25.7 Å².